The number of phenols is 2. The third-order valence-corrected chi connectivity index (χ3v) is 4.40. The number of rotatable bonds is 6. The van der Waals surface area contributed by atoms with Crippen LogP contribution in [0.15, 0.2) is 41.2 Å². The van der Waals surface area contributed by atoms with Gasteiger partial charge in [-0.3, -0.25) is 4.57 Å². The molecule has 0 aliphatic heterocycles. The zero-order chi connectivity index (χ0) is 20.4. The first kappa shape index (κ1) is 19.5. The Morgan fingerprint density at radius 3 is 2.36 bits per heavy atom. The van der Waals surface area contributed by atoms with Crippen molar-refractivity contribution < 1.29 is 14.9 Å². The van der Waals surface area contributed by atoms with Gasteiger partial charge in [0.1, 0.15) is 17.2 Å². The molecule has 0 bridgehead atoms. The maximum Gasteiger partial charge on any atom is 0.343 e. The minimum absolute atomic E-state index is 0.0152. The Bertz CT molecular complexity index is 1020. The second-order valence-corrected chi connectivity index (χ2v) is 7.33. The Hall–Kier alpha value is -3.22. The number of phenolic OH excluding ortho intramolecular Hbond substituents is 2. The molecular weight excluding hydrogens is 358 g/mol. The quantitative estimate of drug-likeness (QED) is 0.604. The number of hydrogen-bond acceptors (Lipinski definition) is 5. The van der Waals surface area contributed by atoms with E-state index >= 15 is 0 Å². The smallest absolute Gasteiger partial charge is 0.343 e. The molecule has 1 aromatic heterocycles. The van der Waals surface area contributed by atoms with E-state index in [1.54, 1.807) is 6.07 Å². The summed E-state index contributed by atoms with van der Waals surface area (Å²) in [6.45, 7) is 8.08. The molecule has 1 heterocycles. The number of nitrogens with one attached hydrogen (secondary N) is 1. The molecule has 2 aromatic carbocycles. The lowest BCUT2D eigenvalue weighted by atomic mass is 9.98. The highest BCUT2D eigenvalue weighted by Crippen LogP contribution is 2.36. The number of aromatic nitrogens is 3. The molecule has 28 heavy (non-hydrogen) atoms. The SMILES string of the molecule is CC(C)Oc1ccc(Cn2c(-c3cc(C(C)C)c(O)cc3O)n[nH]c2=O)cc1. The highest BCUT2D eigenvalue weighted by molar-refractivity contribution is 5.67. The Labute approximate surface area is 163 Å². The lowest BCUT2D eigenvalue weighted by molar-refractivity contribution is 0.242. The fourth-order valence-electron chi connectivity index (χ4n) is 3.03. The molecule has 0 unspecified atom stereocenters. The maximum atomic E-state index is 12.3. The lowest BCUT2D eigenvalue weighted by Crippen LogP contribution is -2.18. The number of H-pyrrole nitrogens is 1. The predicted molar refractivity (Wildman–Crippen MR) is 107 cm³/mol. The van der Waals surface area contributed by atoms with E-state index < -0.39 is 0 Å². The average Bonchev–Trinajstić information content (AvgIpc) is 2.96. The Morgan fingerprint density at radius 2 is 1.75 bits per heavy atom. The molecule has 0 radical (unpaired) electrons. The normalized spacial score (nSPS) is 11.4. The van der Waals surface area contributed by atoms with Gasteiger partial charge in [0.2, 0.25) is 0 Å². The number of ether oxygens (including phenoxy) is 1. The molecule has 148 valence electrons. The summed E-state index contributed by atoms with van der Waals surface area (Å²) in [5.74, 6) is 0.999. The van der Waals surface area contributed by atoms with Crippen LogP contribution in [0.2, 0.25) is 0 Å². The molecule has 0 saturated carbocycles. The summed E-state index contributed by atoms with van der Waals surface area (Å²) in [4.78, 5) is 12.3. The fraction of sp³-hybridized carbons (Fsp3) is 0.333. The van der Waals surface area contributed by atoms with Crippen LogP contribution in [0.1, 0.15) is 44.7 Å². The van der Waals surface area contributed by atoms with Crippen LogP contribution in [0.3, 0.4) is 0 Å². The van der Waals surface area contributed by atoms with Crippen molar-refractivity contribution >= 4 is 0 Å². The molecule has 0 fully saturated rings. The summed E-state index contributed by atoms with van der Waals surface area (Å²) in [5, 5.41) is 26.9. The summed E-state index contributed by atoms with van der Waals surface area (Å²) in [5.41, 5.74) is 1.57. The number of nitrogens with zero attached hydrogens (tertiary/aromatic N) is 2. The molecular formula is C21H25N3O4. The van der Waals surface area contributed by atoms with Crippen LogP contribution in [0.5, 0.6) is 17.2 Å². The monoisotopic (exact) mass is 383 g/mol. The Balaban J connectivity index is 1.97. The van der Waals surface area contributed by atoms with Crippen molar-refractivity contribution in [2.75, 3.05) is 0 Å². The van der Waals surface area contributed by atoms with Gasteiger partial charge in [0.15, 0.2) is 5.82 Å². The molecule has 0 saturated heterocycles. The minimum Gasteiger partial charge on any atom is -0.508 e. The number of aromatic amines is 1. The van der Waals surface area contributed by atoms with Gasteiger partial charge in [-0.1, -0.05) is 26.0 Å². The molecule has 0 amide bonds. The van der Waals surface area contributed by atoms with Gasteiger partial charge in [-0.05, 0) is 49.1 Å². The third kappa shape index (κ3) is 4.03. The van der Waals surface area contributed by atoms with Crippen LogP contribution in [-0.4, -0.2) is 31.1 Å². The van der Waals surface area contributed by atoms with E-state index in [0.717, 1.165) is 11.3 Å². The summed E-state index contributed by atoms with van der Waals surface area (Å²) in [6.07, 6.45) is 0.0848. The van der Waals surface area contributed by atoms with Crippen molar-refractivity contribution in [2.45, 2.75) is 46.3 Å². The van der Waals surface area contributed by atoms with Gasteiger partial charge in [0.25, 0.3) is 0 Å². The molecule has 0 aliphatic carbocycles. The van der Waals surface area contributed by atoms with Crippen LogP contribution in [0.4, 0.5) is 0 Å². The lowest BCUT2D eigenvalue weighted by Gasteiger charge is -2.13. The first-order valence-electron chi connectivity index (χ1n) is 9.23. The van der Waals surface area contributed by atoms with E-state index in [2.05, 4.69) is 10.2 Å². The second-order valence-electron chi connectivity index (χ2n) is 7.33. The van der Waals surface area contributed by atoms with Crippen molar-refractivity contribution in [1.82, 2.24) is 14.8 Å². The highest BCUT2D eigenvalue weighted by Gasteiger charge is 2.18. The highest BCUT2D eigenvalue weighted by atomic mass is 16.5. The number of aromatic hydroxyl groups is 2. The van der Waals surface area contributed by atoms with Crippen LogP contribution >= 0.6 is 0 Å². The van der Waals surface area contributed by atoms with Gasteiger partial charge >= 0.3 is 5.69 Å². The number of benzene rings is 2. The largest absolute Gasteiger partial charge is 0.508 e. The summed E-state index contributed by atoms with van der Waals surface area (Å²) in [6, 6.07) is 10.4. The van der Waals surface area contributed by atoms with Gasteiger partial charge in [-0.15, -0.1) is 0 Å². The molecule has 3 rings (SSSR count). The molecule has 3 N–H and O–H groups in total. The maximum absolute atomic E-state index is 12.3. The molecule has 3 aromatic rings. The predicted octanol–water partition coefficient (Wildman–Crippen LogP) is 3.61. The van der Waals surface area contributed by atoms with Crippen LogP contribution in [0.25, 0.3) is 11.4 Å². The topological polar surface area (TPSA) is 100 Å². The van der Waals surface area contributed by atoms with E-state index in [9.17, 15) is 15.0 Å². The molecule has 7 nitrogen and oxygen atoms in total. The molecule has 0 aliphatic rings. The van der Waals surface area contributed by atoms with Gasteiger partial charge in [-0.25, -0.2) is 9.89 Å². The van der Waals surface area contributed by atoms with Gasteiger partial charge in [0.05, 0.1) is 18.2 Å². The number of hydrogen-bond donors (Lipinski definition) is 3. The van der Waals surface area contributed by atoms with E-state index in [-0.39, 0.29) is 35.8 Å². The van der Waals surface area contributed by atoms with Crippen molar-refractivity contribution in [3.05, 3.63) is 58.0 Å². The van der Waals surface area contributed by atoms with Crippen molar-refractivity contribution in [3.8, 4) is 28.6 Å². The van der Waals surface area contributed by atoms with E-state index in [4.69, 9.17) is 4.74 Å². The van der Waals surface area contributed by atoms with Crippen LogP contribution in [-0.2, 0) is 6.54 Å². The second kappa shape index (κ2) is 7.80. The van der Waals surface area contributed by atoms with Gasteiger partial charge in [0, 0.05) is 6.07 Å². The average molecular weight is 383 g/mol. The third-order valence-electron chi connectivity index (χ3n) is 4.40. The molecule has 0 spiro atoms. The summed E-state index contributed by atoms with van der Waals surface area (Å²) < 4.78 is 7.09. The summed E-state index contributed by atoms with van der Waals surface area (Å²) in [7, 11) is 0. The fourth-order valence-corrected chi connectivity index (χ4v) is 3.03. The molecule has 7 heteroatoms. The van der Waals surface area contributed by atoms with Crippen molar-refractivity contribution in [3.63, 3.8) is 0 Å². The minimum atomic E-state index is -0.379. The van der Waals surface area contributed by atoms with E-state index in [0.29, 0.717) is 17.0 Å². The first-order chi connectivity index (χ1) is 13.3. The zero-order valence-corrected chi connectivity index (χ0v) is 16.4. The zero-order valence-electron chi connectivity index (χ0n) is 16.4. The Kier molecular flexibility index (Phi) is 5.44. The standard InChI is InChI=1S/C21H25N3O4/c1-12(2)16-9-17(19(26)10-18(16)25)20-22-23-21(27)24(20)11-14-5-7-15(8-6-14)28-13(3)4/h5-10,12-13,25-26H,11H2,1-4H3,(H,23,27). The van der Waals surface area contributed by atoms with Crippen molar-refractivity contribution in [2.24, 2.45) is 0 Å². The summed E-state index contributed by atoms with van der Waals surface area (Å²) >= 11 is 0. The Morgan fingerprint density at radius 1 is 1.07 bits per heavy atom. The van der Waals surface area contributed by atoms with E-state index in [1.807, 2.05) is 52.0 Å². The van der Waals surface area contributed by atoms with E-state index in [1.165, 1.54) is 10.6 Å². The first-order valence-corrected chi connectivity index (χ1v) is 9.23. The van der Waals surface area contributed by atoms with Gasteiger partial charge in [-0.2, -0.15) is 5.10 Å². The van der Waals surface area contributed by atoms with Crippen molar-refractivity contribution in [1.29, 1.82) is 0 Å². The van der Waals surface area contributed by atoms with Crippen LogP contribution < -0.4 is 10.4 Å². The molecule has 0 atom stereocenters. The van der Waals surface area contributed by atoms with Gasteiger partial charge < -0.3 is 14.9 Å². The van der Waals surface area contributed by atoms with Crippen LogP contribution in [0, 0.1) is 0 Å².